The number of ether oxygens (including phenoxy) is 1. The Hall–Kier alpha value is -3.59. The second-order valence-corrected chi connectivity index (χ2v) is 7.67. The van der Waals surface area contributed by atoms with Gasteiger partial charge in [0.05, 0.1) is 16.9 Å². The Balaban J connectivity index is 1.48. The molecule has 4 rings (SSSR count). The van der Waals surface area contributed by atoms with E-state index >= 15 is 0 Å². The number of thiazole rings is 1. The first kappa shape index (κ1) is 19.7. The Kier molecular flexibility index (Phi) is 5.28. The zero-order chi connectivity index (χ0) is 21.3. The fraction of sp³-hybridized carbons (Fsp3) is 0.190. The van der Waals surface area contributed by atoms with Gasteiger partial charge in [0, 0.05) is 18.5 Å². The van der Waals surface area contributed by atoms with Crippen LogP contribution in [0.3, 0.4) is 0 Å². The maximum atomic E-state index is 12.4. The van der Waals surface area contributed by atoms with E-state index in [9.17, 15) is 9.59 Å². The predicted molar refractivity (Wildman–Crippen MR) is 113 cm³/mol. The van der Waals surface area contributed by atoms with Gasteiger partial charge in [0.2, 0.25) is 5.91 Å². The third kappa shape index (κ3) is 3.92. The highest BCUT2D eigenvalue weighted by Gasteiger charge is 2.19. The van der Waals surface area contributed by atoms with E-state index < -0.39 is 5.97 Å². The molecule has 0 spiro atoms. The minimum Gasteiger partial charge on any atom is -0.456 e. The van der Waals surface area contributed by atoms with Crippen molar-refractivity contribution in [3.05, 3.63) is 70.6 Å². The molecule has 0 N–H and O–H groups in total. The lowest BCUT2D eigenvalue weighted by molar-refractivity contribution is -0.115. The summed E-state index contributed by atoms with van der Waals surface area (Å²) in [7, 11) is 0. The van der Waals surface area contributed by atoms with Gasteiger partial charge >= 0.3 is 5.97 Å². The minimum atomic E-state index is -0.474. The number of esters is 1. The molecule has 9 heteroatoms. The van der Waals surface area contributed by atoms with Crippen LogP contribution in [0, 0.1) is 13.8 Å². The Bertz CT molecular complexity index is 1250. The maximum Gasteiger partial charge on any atom is 0.340 e. The van der Waals surface area contributed by atoms with Crippen molar-refractivity contribution in [1.82, 2.24) is 19.6 Å². The highest BCUT2D eigenvalue weighted by molar-refractivity contribution is 7.14. The van der Waals surface area contributed by atoms with Gasteiger partial charge in [0.25, 0.3) is 0 Å². The Morgan fingerprint density at radius 1 is 1.17 bits per heavy atom. The normalized spacial score (nSPS) is 10.9. The Morgan fingerprint density at radius 3 is 2.77 bits per heavy atom. The summed E-state index contributed by atoms with van der Waals surface area (Å²) in [6.07, 6.45) is 3.13. The average Bonchev–Trinajstić information content (AvgIpc) is 3.37. The molecule has 0 fully saturated rings. The lowest BCUT2D eigenvalue weighted by Crippen LogP contribution is -2.22. The first-order valence-corrected chi connectivity index (χ1v) is 10.1. The van der Waals surface area contributed by atoms with Crippen LogP contribution in [0.15, 0.2) is 48.2 Å². The molecule has 0 saturated heterocycles. The molecular formula is C21H19N5O3S. The van der Waals surface area contributed by atoms with Gasteiger partial charge in [0.1, 0.15) is 12.9 Å². The molecule has 0 radical (unpaired) electrons. The highest BCUT2D eigenvalue weighted by Crippen LogP contribution is 2.30. The van der Waals surface area contributed by atoms with Crippen LogP contribution in [0.4, 0.5) is 10.8 Å². The summed E-state index contributed by atoms with van der Waals surface area (Å²) in [6, 6.07) is 9.16. The van der Waals surface area contributed by atoms with E-state index in [1.807, 2.05) is 32.0 Å². The van der Waals surface area contributed by atoms with Crippen LogP contribution < -0.4 is 4.90 Å². The van der Waals surface area contributed by atoms with Gasteiger partial charge in [-0.05, 0) is 49.2 Å². The lowest BCUT2D eigenvalue weighted by atomic mass is 10.1. The molecule has 0 aliphatic carbocycles. The number of hydrogen-bond donors (Lipinski definition) is 0. The Morgan fingerprint density at radius 2 is 2.00 bits per heavy atom. The van der Waals surface area contributed by atoms with Crippen molar-refractivity contribution in [2.45, 2.75) is 27.4 Å². The smallest absolute Gasteiger partial charge is 0.340 e. The largest absolute Gasteiger partial charge is 0.456 e. The zero-order valence-corrected chi connectivity index (χ0v) is 17.5. The number of hydrogen-bond acceptors (Lipinski definition) is 7. The number of carbonyl (C=O) groups excluding carboxylic acids is 2. The molecule has 3 aromatic heterocycles. The van der Waals surface area contributed by atoms with Crippen LogP contribution in [0.2, 0.25) is 0 Å². The van der Waals surface area contributed by atoms with Crippen molar-refractivity contribution in [1.29, 1.82) is 0 Å². The molecule has 0 aliphatic heterocycles. The van der Waals surface area contributed by atoms with Crippen LogP contribution in [0.1, 0.15) is 34.1 Å². The zero-order valence-electron chi connectivity index (χ0n) is 16.7. The molecule has 1 amide bonds. The van der Waals surface area contributed by atoms with Crippen LogP contribution in [0.5, 0.6) is 0 Å². The van der Waals surface area contributed by atoms with E-state index in [4.69, 9.17) is 4.74 Å². The second-order valence-electron chi connectivity index (χ2n) is 6.83. The molecule has 0 bridgehead atoms. The molecule has 4 aromatic rings. The van der Waals surface area contributed by atoms with Crippen LogP contribution >= 0.6 is 11.3 Å². The molecular weight excluding hydrogens is 402 g/mol. The fourth-order valence-corrected chi connectivity index (χ4v) is 3.80. The molecule has 30 heavy (non-hydrogen) atoms. The van der Waals surface area contributed by atoms with Crippen molar-refractivity contribution < 1.29 is 14.3 Å². The van der Waals surface area contributed by atoms with Crippen molar-refractivity contribution in [3.8, 4) is 0 Å². The molecule has 0 aliphatic rings. The van der Waals surface area contributed by atoms with Crippen molar-refractivity contribution in [2.75, 3.05) is 4.90 Å². The molecule has 0 saturated carbocycles. The van der Waals surface area contributed by atoms with Crippen LogP contribution in [0.25, 0.3) is 5.65 Å². The van der Waals surface area contributed by atoms with Gasteiger partial charge in [0.15, 0.2) is 10.8 Å². The van der Waals surface area contributed by atoms with Crippen molar-refractivity contribution in [2.24, 2.45) is 0 Å². The number of anilines is 2. The number of benzene rings is 1. The van der Waals surface area contributed by atoms with Gasteiger partial charge in [-0.25, -0.2) is 9.78 Å². The molecule has 1 aromatic carbocycles. The number of nitrogens with zero attached hydrogens (tertiary/aromatic N) is 5. The minimum absolute atomic E-state index is 0.00815. The molecule has 152 valence electrons. The third-order valence-corrected chi connectivity index (χ3v) is 5.55. The molecule has 3 heterocycles. The van der Waals surface area contributed by atoms with Crippen LogP contribution in [-0.2, 0) is 16.1 Å². The molecule has 0 atom stereocenters. The summed E-state index contributed by atoms with van der Waals surface area (Å²) in [6.45, 7) is 5.53. The second kappa shape index (κ2) is 8.03. The summed E-state index contributed by atoms with van der Waals surface area (Å²) in [4.78, 5) is 30.7. The monoisotopic (exact) mass is 421 g/mol. The van der Waals surface area contributed by atoms with Gasteiger partial charge in [-0.1, -0.05) is 6.07 Å². The van der Waals surface area contributed by atoms with Crippen LogP contribution in [-0.4, -0.2) is 31.5 Å². The van der Waals surface area contributed by atoms with Gasteiger partial charge < -0.3 is 4.74 Å². The van der Waals surface area contributed by atoms with E-state index in [1.54, 1.807) is 33.0 Å². The highest BCUT2D eigenvalue weighted by atomic mass is 32.1. The first-order valence-electron chi connectivity index (χ1n) is 9.21. The SMILES string of the molecule is CC(=O)N(c1ccc(C)c(C)c1)c1nc(COC(=O)c2ccc3nncn3c2)cs1. The van der Waals surface area contributed by atoms with E-state index in [2.05, 4.69) is 15.2 Å². The van der Waals surface area contributed by atoms with E-state index in [0.29, 0.717) is 22.0 Å². The average molecular weight is 421 g/mol. The summed E-state index contributed by atoms with van der Waals surface area (Å²) in [5.41, 5.74) is 4.60. The number of pyridine rings is 1. The maximum absolute atomic E-state index is 12.4. The first-order chi connectivity index (χ1) is 14.4. The lowest BCUT2D eigenvalue weighted by Gasteiger charge is -2.19. The number of amides is 1. The topological polar surface area (TPSA) is 89.7 Å². The van der Waals surface area contributed by atoms with Crippen molar-refractivity contribution >= 4 is 39.7 Å². The summed E-state index contributed by atoms with van der Waals surface area (Å²) < 4.78 is 7.03. The van der Waals surface area contributed by atoms with Gasteiger partial charge in [-0.2, -0.15) is 0 Å². The van der Waals surface area contributed by atoms with E-state index in [1.165, 1.54) is 24.6 Å². The summed E-state index contributed by atoms with van der Waals surface area (Å²) in [5, 5.41) is 10.00. The summed E-state index contributed by atoms with van der Waals surface area (Å²) >= 11 is 1.32. The van der Waals surface area contributed by atoms with E-state index in [0.717, 1.165) is 16.8 Å². The standard InChI is InChI=1S/C21H19N5O3S/c1-13-4-6-18(8-14(13)2)26(15(3)27)21-23-17(11-30-21)10-29-20(28)16-5-7-19-24-22-12-25(19)9-16/h4-9,11-12H,10H2,1-3H3. The number of aromatic nitrogens is 4. The third-order valence-electron chi connectivity index (χ3n) is 4.67. The Labute approximate surface area is 176 Å². The number of fused-ring (bicyclic) bond motifs is 1. The molecule has 0 unspecified atom stereocenters. The van der Waals surface area contributed by atoms with Gasteiger partial charge in [-0.3, -0.25) is 14.1 Å². The molecule has 8 nitrogen and oxygen atoms in total. The predicted octanol–water partition coefficient (Wildman–Crippen LogP) is 3.84. The number of rotatable bonds is 5. The number of aryl methyl sites for hydroxylation is 2. The van der Waals surface area contributed by atoms with Crippen molar-refractivity contribution in [3.63, 3.8) is 0 Å². The fourth-order valence-electron chi connectivity index (χ4n) is 2.93. The van der Waals surface area contributed by atoms with E-state index in [-0.39, 0.29) is 12.5 Å². The quantitative estimate of drug-likeness (QED) is 0.455. The number of carbonyl (C=O) groups is 2. The van der Waals surface area contributed by atoms with Gasteiger partial charge in [-0.15, -0.1) is 21.5 Å². The summed E-state index contributed by atoms with van der Waals surface area (Å²) in [5.74, 6) is -0.615.